The molecule has 3 nitrogen and oxygen atoms in total. The standard InChI is InChI=1S/C18H19NO2S/c1-2-5-14-6-3-4-7-17(14)21-13-12-20-16-10-8-15(9-11-16)18(19)22/h2-4,6-11H,1,5,12-13H2,(H2,19,22). The van der Waals surface area contributed by atoms with Crippen LogP contribution < -0.4 is 15.2 Å². The van der Waals surface area contributed by atoms with Crippen LogP contribution in [0.25, 0.3) is 0 Å². The smallest absolute Gasteiger partial charge is 0.122 e. The monoisotopic (exact) mass is 313 g/mol. The lowest BCUT2D eigenvalue weighted by Crippen LogP contribution is -2.11. The molecule has 0 radical (unpaired) electrons. The van der Waals surface area contributed by atoms with E-state index in [2.05, 4.69) is 6.58 Å². The van der Waals surface area contributed by atoms with Gasteiger partial charge in [0.25, 0.3) is 0 Å². The quantitative estimate of drug-likeness (QED) is 0.460. The normalized spacial score (nSPS) is 10.0. The van der Waals surface area contributed by atoms with Crippen LogP contribution in [0.3, 0.4) is 0 Å². The minimum absolute atomic E-state index is 0.383. The summed E-state index contributed by atoms with van der Waals surface area (Å²) in [7, 11) is 0. The molecule has 0 amide bonds. The molecule has 2 aromatic rings. The van der Waals surface area contributed by atoms with Gasteiger partial charge in [-0.2, -0.15) is 0 Å². The lowest BCUT2D eigenvalue weighted by atomic mass is 10.1. The van der Waals surface area contributed by atoms with Crippen molar-refractivity contribution in [2.75, 3.05) is 13.2 Å². The summed E-state index contributed by atoms with van der Waals surface area (Å²) in [6, 6.07) is 15.3. The molecule has 0 unspecified atom stereocenters. The average molecular weight is 313 g/mol. The zero-order chi connectivity index (χ0) is 15.8. The Labute approximate surface area is 136 Å². The van der Waals surface area contributed by atoms with Gasteiger partial charge in [0.15, 0.2) is 0 Å². The number of nitrogens with two attached hydrogens (primary N) is 1. The van der Waals surface area contributed by atoms with Gasteiger partial charge in [-0.25, -0.2) is 0 Å². The molecule has 2 N–H and O–H groups in total. The van der Waals surface area contributed by atoms with E-state index in [0.29, 0.717) is 18.2 Å². The molecule has 0 saturated heterocycles. The minimum atomic E-state index is 0.383. The van der Waals surface area contributed by atoms with E-state index in [-0.39, 0.29) is 0 Å². The van der Waals surface area contributed by atoms with Gasteiger partial charge in [-0.1, -0.05) is 36.5 Å². The van der Waals surface area contributed by atoms with E-state index in [1.54, 1.807) is 0 Å². The average Bonchev–Trinajstić information content (AvgIpc) is 2.53. The second-order valence-electron chi connectivity index (χ2n) is 4.69. The predicted molar refractivity (Wildman–Crippen MR) is 93.7 cm³/mol. The maximum atomic E-state index is 5.76. The number of hydrogen-bond acceptors (Lipinski definition) is 3. The van der Waals surface area contributed by atoms with E-state index in [0.717, 1.165) is 29.0 Å². The van der Waals surface area contributed by atoms with E-state index in [1.165, 1.54) is 0 Å². The maximum Gasteiger partial charge on any atom is 0.122 e. The van der Waals surface area contributed by atoms with Crippen molar-refractivity contribution in [2.45, 2.75) is 6.42 Å². The van der Waals surface area contributed by atoms with Gasteiger partial charge in [0.1, 0.15) is 29.7 Å². The van der Waals surface area contributed by atoms with Crippen LogP contribution in [0, 0.1) is 0 Å². The fraction of sp³-hybridized carbons (Fsp3) is 0.167. The number of rotatable bonds is 8. The van der Waals surface area contributed by atoms with Gasteiger partial charge < -0.3 is 15.2 Å². The summed E-state index contributed by atoms with van der Waals surface area (Å²) < 4.78 is 11.4. The van der Waals surface area contributed by atoms with Crippen molar-refractivity contribution in [3.05, 3.63) is 72.3 Å². The Morgan fingerprint density at radius 3 is 2.41 bits per heavy atom. The highest BCUT2D eigenvalue weighted by Gasteiger charge is 2.02. The van der Waals surface area contributed by atoms with E-state index in [9.17, 15) is 0 Å². The molecular weight excluding hydrogens is 294 g/mol. The van der Waals surface area contributed by atoms with Gasteiger partial charge in [-0.3, -0.25) is 0 Å². The van der Waals surface area contributed by atoms with Gasteiger partial charge in [-0.15, -0.1) is 6.58 Å². The van der Waals surface area contributed by atoms with Crippen LogP contribution in [0.5, 0.6) is 11.5 Å². The highest BCUT2D eigenvalue weighted by Crippen LogP contribution is 2.19. The fourth-order valence-corrected chi connectivity index (χ4v) is 2.13. The summed E-state index contributed by atoms with van der Waals surface area (Å²) in [6.45, 7) is 4.70. The molecule has 2 aromatic carbocycles. The molecule has 0 spiro atoms. The van der Waals surface area contributed by atoms with Crippen molar-refractivity contribution in [1.29, 1.82) is 0 Å². The van der Waals surface area contributed by atoms with Crippen LogP contribution in [0.15, 0.2) is 61.2 Å². The van der Waals surface area contributed by atoms with Crippen molar-refractivity contribution < 1.29 is 9.47 Å². The van der Waals surface area contributed by atoms with E-state index in [1.807, 2.05) is 54.6 Å². The molecule has 0 aliphatic carbocycles. The van der Waals surface area contributed by atoms with Gasteiger partial charge in [0.05, 0.1) is 0 Å². The lowest BCUT2D eigenvalue weighted by Gasteiger charge is -2.11. The molecular formula is C18H19NO2S. The molecule has 0 aliphatic heterocycles. The SMILES string of the molecule is C=CCc1ccccc1OCCOc1ccc(C(N)=S)cc1. The number of hydrogen-bond donors (Lipinski definition) is 1. The molecule has 0 fully saturated rings. The zero-order valence-electron chi connectivity index (χ0n) is 12.3. The summed E-state index contributed by atoms with van der Waals surface area (Å²) >= 11 is 4.91. The first-order valence-corrected chi connectivity index (χ1v) is 7.46. The minimum Gasteiger partial charge on any atom is -0.490 e. The molecule has 0 aromatic heterocycles. The van der Waals surface area contributed by atoms with Crippen molar-refractivity contribution in [3.8, 4) is 11.5 Å². The summed E-state index contributed by atoms with van der Waals surface area (Å²) in [5.74, 6) is 1.64. The second-order valence-corrected chi connectivity index (χ2v) is 5.13. The maximum absolute atomic E-state index is 5.76. The van der Waals surface area contributed by atoms with Crippen LogP contribution in [-0.4, -0.2) is 18.2 Å². The van der Waals surface area contributed by atoms with Gasteiger partial charge in [0.2, 0.25) is 0 Å². The highest BCUT2D eigenvalue weighted by molar-refractivity contribution is 7.80. The van der Waals surface area contributed by atoms with Gasteiger partial charge in [0, 0.05) is 5.56 Å². The fourth-order valence-electron chi connectivity index (χ4n) is 2.00. The Kier molecular flexibility index (Phi) is 5.98. The molecule has 114 valence electrons. The first kappa shape index (κ1) is 16.0. The Morgan fingerprint density at radius 1 is 1.05 bits per heavy atom. The Hall–Kier alpha value is -2.33. The van der Waals surface area contributed by atoms with Crippen molar-refractivity contribution in [1.82, 2.24) is 0 Å². The third kappa shape index (κ3) is 4.60. The molecule has 2 rings (SSSR count). The Bertz CT molecular complexity index is 638. The van der Waals surface area contributed by atoms with E-state index < -0.39 is 0 Å². The van der Waals surface area contributed by atoms with Crippen molar-refractivity contribution >= 4 is 17.2 Å². The molecule has 0 atom stereocenters. The second kappa shape index (κ2) is 8.20. The van der Waals surface area contributed by atoms with E-state index >= 15 is 0 Å². The summed E-state index contributed by atoms with van der Waals surface area (Å²) in [6.07, 6.45) is 2.65. The van der Waals surface area contributed by atoms with Crippen LogP contribution >= 0.6 is 12.2 Å². The molecule has 0 aliphatic rings. The highest BCUT2D eigenvalue weighted by atomic mass is 32.1. The lowest BCUT2D eigenvalue weighted by molar-refractivity contribution is 0.216. The number of ether oxygens (including phenoxy) is 2. The number of thiocarbonyl (C=S) groups is 1. The van der Waals surface area contributed by atoms with Crippen LogP contribution in [0.1, 0.15) is 11.1 Å². The van der Waals surface area contributed by atoms with E-state index in [4.69, 9.17) is 27.4 Å². The number of benzene rings is 2. The topological polar surface area (TPSA) is 44.5 Å². The molecule has 22 heavy (non-hydrogen) atoms. The summed E-state index contributed by atoms with van der Waals surface area (Å²) in [5.41, 5.74) is 7.51. The Morgan fingerprint density at radius 2 is 1.73 bits per heavy atom. The predicted octanol–water partition coefficient (Wildman–Crippen LogP) is 3.51. The third-order valence-corrected chi connectivity index (χ3v) is 3.32. The van der Waals surface area contributed by atoms with Crippen LogP contribution in [-0.2, 0) is 6.42 Å². The van der Waals surface area contributed by atoms with Crippen LogP contribution in [0.4, 0.5) is 0 Å². The third-order valence-electron chi connectivity index (χ3n) is 3.09. The summed E-state index contributed by atoms with van der Waals surface area (Å²) in [5, 5.41) is 0. The molecule has 0 saturated carbocycles. The summed E-state index contributed by atoms with van der Waals surface area (Å²) in [4.78, 5) is 0.383. The number of allylic oxidation sites excluding steroid dienone is 1. The van der Waals surface area contributed by atoms with Crippen molar-refractivity contribution in [3.63, 3.8) is 0 Å². The Balaban J connectivity index is 1.82. The largest absolute Gasteiger partial charge is 0.490 e. The van der Waals surface area contributed by atoms with Crippen LogP contribution in [0.2, 0.25) is 0 Å². The first-order chi connectivity index (χ1) is 10.7. The molecule has 0 bridgehead atoms. The van der Waals surface area contributed by atoms with Gasteiger partial charge in [-0.05, 0) is 42.3 Å². The van der Waals surface area contributed by atoms with Gasteiger partial charge >= 0.3 is 0 Å². The molecule has 4 heteroatoms. The van der Waals surface area contributed by atoms with Crippen molar-refractivity contribution in [2.24, 2.45) is 5.73 Å². The first-order valence-electron chi connectivity index (χ1n) is 7.05. The molecule has 0 heterocycles. The number of para-hydroxylation sites is 1. The zero-order valence-corrected chi connectivity index (χ0v) is 13.1.